The monoisotopic (exact) mass is 225 g/mol. The molecule has 1 aliphatic rings. The normalized spacial score (nSPS) is 12.1. The van der Waals surface area contributed by atoms with Crippen LogP contribution < -0.4 is 0 Å². The molecule has 1 aliphatic carbocycles. The van der Waals surface area contributed by atoms with Crippen LogP contribution in [-0.4, -0.2) is 16.1 Å². The summed E-state index contributed by atoms with van der Waals surface area (Å²) in [4.78, 5) is 15.4. The van der Waals surface area contributed by atoms with Crippen molar-refractivity contribution in [1.29, 1.82) is 0 Å². The zero-order valence-electron chi connectivity index (χ0n) is 9.40. The third-order valence-electron chi connectivity index (χ3n) is 3.33. The minimum Gasteiger partial charge on any atom is -0.478 e. The van der Waals surface area contributed by atoms with Crippen molar-refractivity contribution in [1.82, 2.24) is 4.98 Å². The van der Waals surface area contributed by atoms with Gasteiger partial charge in [0.2, 0.25) is 0 Å². The van der Waals surface area contributed by atoms with E-state index in [0.29, 0.717) is 5.56 Å². The molecule has 1 aromatic carbocycles. The van der Waals surface area contributed by atoms with Crippen molar-refractivity contribution in [2.75, 3.05) is 0 Å². The highest BCUT2D eigenvalue weighted by Crippen LogP contribution is 2.39. The van der Waals surface area contributed by atoms with Gasteiger partial charge in [0.15, 0.2) is 0 Å². The van der Waals surface area contributed by atoms with Gasteiger partial charge >= 0.3 is 5.97 Å². The number of carboxylic acid groups (broad SMARTS) is 1. The van der Waals surface area contributed by atoms with E-state index in [1.54, 1.807) is 18.5 Å². The molecular weight excluding hydrogens is 214 g/mol. The Balaban J connectivity index is 2.37. The first-order chi connectivity index (χ1) is 8.18. The third kappa shape index (κ3) is 1.35. The number of aromatic carboxylic acids is 1. The molecule has 0 saturated heterocycles. The third-order valence-corrected chi connectivity index (χ3v) is 3.33. The molecule has 0 amide bonds. The first-order valence-corrected chi connectivity index (χ1v) is 5.47. The Morgan fingerprint density at radius 1 is 1.35 bits per heavy atom. The van der Waals surface area contributed by atoms with Crippen LogP contribution in [0.1, 0.15) is 27.0 Å². The van der Waals surface area contributed by atoms with Crippen molar-refractivity contribution < 1.29 is 9.90 Å². The predicted molar refractivity (Wildman–Crippen MR) is 64.2 cm³/mol. The van der Waals surface area contributed by atoms with Crippen LogP contribution in [0, 0.1) is 6.92 Å². The van der Waals surface area contributed by atoms with E-state index < -0.39 is 5.97 Å². The molecule has 1 heterocycles. The molecule has 0 bridgehead atoms. The fourth-order valence-corrected chi connectivity index (χ4v) is 2.46. The first kappa shape index (κ1) is 10.0. The van der Waals surface area contributed by atoms with E-state index in [-0.39, 0.29) is 0 Å². The van der Waals surface area contributed by atoms with Crippen molar-refractivity contribution in [2.24, 2.45) is 0 Å². The van der Waals surface area contributed by atoms with Gasteiger partial charge in [-0.3, -0.25) is 4.98 Å². The highest BCUT2D eigenvalue weighted by atomic mass is 16.4. The summed E-state index contributed by atoms with van der Waals surface area (Å²) in [7, 11) is 0. The standard InChI is InChI=1S/C14H11NO2/c1-8-2-3-10(14(16)17)13-11(8)6-9-4-5-15-7-12(9)13/h2-5,7H,6H2,1H3,(H,16,17). The summed E-state index contributed by atoms with van der Waals surface area (Å²) >= 11 is 0. The lowest BCUT2D eigenvalue weighted by atomic mass is 9.97. The minimum atomic E-state index is -0.877. The van der Waals surface area contributed by atoms with Gasteiger partial charge in [-0.25, -0.2) is 4.79 Å². The average Bonchev–Trinajstić information content (AvgIpc) is 2.69. The number of aryl methyl sites for hydroxylation is 1. The van der Waals surface area contributed by atoms with E-state index in [1.165, 1.54) is 0 Å². The van der Waals surface area contributed by atoms with E-state index in [0.717, 1.165) is 34.2 Å². The van der Waals surface area contributed by atoms with Gasteiger partial charge in [0, 0.05) is 23.5 Å². The SMILES string of the molecule is Cc1ccc(C(=O)O)c2c1Cc1ccncc1-2. The molecule has 1 N–H and O–H groups in total. The lowest BCUT2D eigenvalue weighted by molar-refractivity contribution is 0.0697. The number of benzene rings is 1. The Morgan fingerprint density at radius 3 is 2.94 bits per heavy atom. The number of carboxylic acids is 1. The molecule has 3 rings (SSSR count). The molecule has 0 fully saturated rings. The maximum Gasteiger partial charge on any atom is 0.336 e. The van der Waals surface area contributed by atoms with Crippen LogP contribution in [0.4, 0.5) is 0 Å². The summed E-state index contributed by atoms with van der Waals surface area (Å²) < 4.78 is 0. The molecule has 0 saturated carbocycles. The quantitative estimate of drug-likeness (QED) is 0.692. The van der Waals surface area contributed by atoms with Gasteiger partial charge in [0.1, 0.15) is 0 Å². The van der Waals surface area contributed by atoms with E-state index >= 15 is 0 Å². The van der Waals surface area contributed by atoms with Crippen molar-refractivity contribution in [3.05, 3.63) is 52.8 Å². The van der Waals surface area contributed by atoms with Crippen molar-refractivity contribution in [2.45, 2.75) is 13.3 Å². The number of rotatable bonds is 1. The molecule has 0 radical (unpaired) electrons. The van der Waals surface area contributed by atoms with Gasteiger partial charge in [-0.05, 0) is 42.2 Å². The van der Waals surface area contributed by atoms with Crippen LogP contribution in [0.25, 0.3) is 11.1 Å². The van der Waals surface area contributed by atoms with Crippen molar-refractivity contribution in [3.63, 3.8) is 0 Å². The van der Waals surface area contributed by atoms with Crippen molar-refractivity contribution in [3.8, 4) is 11.1 Å². The Kier molecular flexibility index (Phi) is 2.01. The molecule has 84 valence electrons. The highest BCUT2D eigenvalue weighted by Gasteiger charge is 2.25. The van der Waals surface area contributed by atoms with Crippen LogP contribution in [-0.2, 0) is 6.42 Å². The zero-order chi connectivity index (χ0) is 12.0. The van der Waals surface area contributed by atoms with Crippen LogP contribution in [0.15, 0.2) is 30.6 Å². The van der Waals surface area contributed by atoms with Gasteiger partial charge in [-0.1, -0.05) is 6.07 Å². The first-order valence-electron chi connectivity index (χ1n) is 5.47. The molecule has 0 unspecified atom stereocenters. The number of aromatic nitrogens is 1. The molecular formula is C14H11NO2. The average molecular weight is 225 g/mol. The summed E-state index contributed by atoms with van der Waals surface area (Å²) in [6.07, 6.45) is 4.31. The summed E-state index contributed by atoms with van der Waals surface area (Å²) in [5, 5.41) is 9.25. The number of hydrogen-bond acceptors (Lipinski definition) is 2. The van der Waals surface area contributed by atoms with Crippen LogP contribution >= 0.6 is 0 Å². The second-order valence-electron chi connectivity index (χ2n) is 4.30. The van der Waals surface area contributed by atoms with Crippen LogP contribution in [0.3, 0.4) is 0 Å². The number of fused-ring (bicyclic) bond motifs is 3. The fraction of sp³-hybridized carbons (Fsp3) is 0.143. The number of pyridine rings is 1. The van der Waals surface area contributed by atoms with Gasteiger partial charge in [0.05, 0.1) is 5.56 Å². The Morgan fingerprint density at radius 2 is 2.18 bits per heavy atom. The lowest BCUT2D eigenvalue weighted by Gasteiger charge is -2.07. The second kappa shape index (κ2) is 3.42. The number of nitrogens with zero attached hydrogens (tertiary/aromatic N) is 1. The van der Waals surface area contributed by atoms with Gasteiger partial charge < -0.3 is 5.11 Å². The van der Waals surface area contributed by atoms with Gasteiger partial charge in [-0.2, -0.15) is 0 Å². The lowest BCUT2D eigenvalue weighted by Crippen LogP contribution is -2.01. The van der Waals surface area contributed by atoms with Crippen LogP contribution in [0.2, 0.25) is 0 Å². The van der Waals surface area contributed by atoms with E-state index in [9.17, 15) is 9.90 Å². The van der Waals surface area contributed by atoms with E-state index in [4.69, 9.17) is 0 Å². The second-order valence-corrected chi connectivity index (χ2v) is 4.30. The molecule has 2 aromatic rings. The fourth-order valence-electron chi connectivity index (χ4n) is 2.46. The molecule has 3 nitrogen and oxygen atoms in total. The number of hydrogen-bond donors (Lipinski definition) is 1. The Labute approximate surface area is 98.8 Å². The molecule has 1 aromatic heterocycles. The summed E-state index contributed by atoms with van der Waals surface area (Å²) in [5.41, 5.74) is 5.60. The smallest absolute Gasteiger partial charge is 0.336 e. The van der Waals surface area contributed by atoms with Gasteiger partial charge in [-0.15, -0.1) is 0 Å². The Bertz CT molecular complexity index is 632. The largest absolute Gasteiger partial charge is 0.478 e. The zero-order valence-corrected chi connectivity index (χ0v) is 9.40. The summed E-state index contributed by atoms with van der Waals surface area (Å²) in [5.74, 6) is -0.877. The van der Waals surface area contributed by atoms with Crippen LogP contribution in [0.5, 0.6) is 0 Å². The molecule has 17 heavy (non-hydrogen) atoms. The molecule has 0 spiro atoms. The van der Waals surface area contributed by atoms with Crippen molar-refractivity contribution >= 4 is 5.97 Å². The summed E-state index contributed by atoms with van der Waals surface area (Å²) in [6.45, 7) is 2.02. The number of carbonyl (C=O) groups is 1. The highest BCUT2D eigenvalue weighted by molar-refractivity contribution is 5.99. The minimum absolute atomic E-state index is 0.373. The maximum absolute atomic E-state index is 11.3. The topological polar surface area (TPSA) is 50.2 Å². The summed E-state index contributed by atoms with van der Waals surface area (Å²) in [6, 6.07) is 5.51. The van der Waals surface area contributed by atoms with E-state index in [1.807, 2.05) is 19.1 Å². The van der Waals surface area contributed by atoms with E-state index in [2.05, 4.69) is 4.98 Å². The molecule has 3 heteroatoms. The van der Waals surface area contributed by atoms with Gasteiger partial charge in [0.25, 0.3) is 0 Å². The molecule has 0 aliphatic heterocycles. The Hall–Kier alpha value is -2.16. The molecule has 0 atom stereocenters. The maximum atomic E-state index is 11.3. The predicted octanol–water partition coefficient (Wildman–Crippen LogP) is 2.66.